The van der Waals surface area contributed by atoms with Crippen molar-refractivity contribution in [3.63, 3.8) is 0 Å². The molecule has 0 saturated heterocycles. The second-order valence-electron chi connectivity index (χ2n) is 3.52. The van der Waals surface area contributed by atoms with Gasteiger partial charge in [-0.05, 0) is 24.3 Å². The summed E-state index contributed by atoms with van der Waals surface area (Å²) in [5.41, 5.74) is -1.17. The zero-order valence-electron chi connectivity index (χ0n) is 8.62. The van der Waals surface area contributed by atoms with Crippen molar-refractivity contribution in [1.29, 1.82) is 0 Å². The molecule has 0 amide bonds. The summed E-state index contributed by atoms with van der Waals surface area (Å²) in [6, 6.07) is 4.23. The lowest BCUT2D eigenvalue weighted by Gasteiger charge is -2.08. The summed E-state index contributed by atoms with van der Waals surface area (Å²) in [7, 11) is 0. The van der Waals surface area contributed by atoms with Crippen LogP contribution in [-0.2, 0) is 6.18 Å². The van der Waals surface area contributed by atoms with E-state index < -0.39 is 17.8 Å². The number of hydrogen-bond acceptors (Lipinski definition) is 2. The molecule has 7 heteroatoms. The van der Waals surface area contributed by atoms with Gasteiger partial charge in [0.25, 0.3) is 0 Å². The molecule has 18 heavy (non-hydrogen) atoms. The highest BCUT2D eigenvalue weighted by atomic mass is 35.5. The molecule has 1 aromatic carbocycles. The molecule has 1 N–H and O–H groups in total. The quantitative estimate of drug-likeness (QED) is 0.865. The van der Waals surface area contributed by atoms with Crippen molar-refractivity contribution in [2.24, 2.45) is 0 Å². The van der Waals surface area contributed by atoms with E-state index in [0.717, 1.165) is 0 Å². The first-order valence-electron chi connectivity index (χ1n) is 4.70. The highest BCUT2D eigenvalue weighted by Gasteiger charge is 2.33. The van der Waals surface area contributed by atoms with Crippen LogP contribution in [0.25, 0.3) is 10.9 Å². The summed E-state index contributed by atoms with van der Waals surface area (Å²) < 4.78 is 37.5. The Balaban J connectivity index is 2.70. The van der Waals surface area contributed by atoms with Gasteiger partial charge < -0.3 is 5.11 Å². The number of halogens is 4. The molecule has 0 aliphatic carbocycles. The summed E-state index contributed by atoms with van der Waals surface area (Å²) in [5.74, 6) is -1.19. The number of pyridine rings is 1. The first kappa shape index (κ1) is 12.6. The molecule has 1 heterocycles. The number of fused-ring (bicyclic) bond motifs is 1. The monoisotopic (exact) mass is 275 g/mol. The Bertz CT molecular complexity index is 640. The van der Waals surface area contributed by atoms with Crippen molar-refractivity contribution in [3.8, 4) is 0 Å². The van der Waals surface area contributed by atoms with E-state index in [4.69, 9.17) is 16.7 Å². The van der Waals surface area contributed by atoms with Crippen LogP contribution < -0.4 is 0 Å². The third-order valence-corrected chi connectivity index (χ3v) is 2.61. The molecule has 94 valence electrons. The lowest BCUT2D eigenvalue weighted by Crippen LogP contribution is -2.08. The van der Waals surface area contributed by atoms with Crippen LogP contribution in [0.15, 0.2) is 24.3 Å². The zero-order chi connectivity index (χ0) is 13.5. The molecule has 3 nitrogen and oxygen atoms in total. The number of nitrogens with zero attached hydrogens (tertiary/aromatic N) is 1. The lowest BCUT2D eigenvalue weighted by molar-refractivity contribution is -0.140. The van der Waals surface area contributed by atoms with Gasteiger partial charge in [0, 0.05) is 5.39 Å². The highest BCUT2D eigenvalue weighted by molar-refractivity contribution is 6.35. The first-order chi connectivity index (χ1) is 8.29. The number of hydrogen-bond donors (Lipinski definition) is 1. The molecule has 2 aromatic rings. The molecular weight excluding hydrogens is 271 g/mol. The smallest absolute Gasteiger partial charge is 0.433 e. The van der Waals surface area contributed by atoms with Gasteiger partial charge in [0.1, 0.15) is 5.69 Å². The van der Waals surface area contributed by atoms with Crippen LogP contribution in [0.5, 0.6) is 0 Å². The van der Waals surface area contributed by atoms with Crippen LogP contribution in [0.1, 0.15) is 16.1 Å². The normalized spacial score (nSPS) is 11.8. The summed E-state index contributed by atoms with van der Waals surface area (Å²) in [4.78, 5) is 14.1. The van der Waals surface area contributed by atoms with E-state index in [9.17, 15) is 18.0 Å². The number of benzene rings is 1. The van der Waals surface area contributed by atoms with Crippen molar-refractivity contribution < 1.29 is 23.1 Å². The van der Waals surface area contributed by atoms with Gasteiger partial charge in [0.05, 0.1) is 16.1 Å². The fourth-order valence-corrected chi connectivity index (χ4v) is 1.72. The molecule has 0 saturated carbocycles. The Labute approximate surface area is 104 Å². The van der Waals surface area contributed by atoms with E-state index >= 15 is 0 Å². The van der Waals surface area contributed by atoms with Gasteiger partial charge in [0.2, 0.25) is 0 Å². The summed E-state index contributed by atoms with van der Waals surface area (Å²) in [5, 5.41) is 8.76. The molecule has 0 radical (unpaired) electrons. The Kier molecular flexibility index (Phi) is 2.90. The molecule has 0 aliphatic heterocycles. The Hall–Kier alpha value is -1.82. The van der Waals surface area contributed by atoms with E-state index in [1.807, 2.05) is 0 Å². The van der Waals surface area contributed by atoms with E-state index in [0.29, 0.717) is 6.07 Å². The lowest BCUT2D eigenvalue weighted by atomic mass is 10.1. The summed E-state index contributed by atoms with van der Waals surface area (Å²) >= 11 is 5.71. The highest BCUT2D eigenvalue weighted by Crippen LogP contribution is 2.33. The predicted molar refractivity (Wildman–Crippen MR) is 58.7 cm³/mol. The maximum absolute atomic E-state index is 12.5. The third-order valence-electron chi connectivity index (χ3n) is 2.30. The van der Waals surface area contributed by atoms with Gasteiger partial charge >= 0.3 is 12.1 Å². The summed E-state index contributed by atoms with van der Waals surface area (Å²) in [6.45, 7) is 0. The molecule has 0 spiro atoms. The average Bonchev–Trinajstić information content (AvgIpc) is 2.27. The minimum atomic E-state index is -4.59. The predicted octanol–water partition coefficient (Wildman–Crippen LogP) is 3.61. The molecule has 0 fully saturated rings. The number of carboxylic acids is 1. The first-order valence-corrected chi connectivity index (χ1v) is 5.07. The van der Waals surface area contributed by atoms with Crippen LogP contribution in [0, 0.1) is 0 Å². The topological polar surface area (TPSA) is 50.2 Å². The van der Waals surface area contributed by atoms with Crippen LogP contribution in [0.3, 0.4) is 0 Å². The third kappa shape index (κ3) is 2.24. The molecule has 0 atom stereocenters. The molecular formula is C11H5ClF3NO2. The van der Waals surface area contributed by atoms with Crippen LogP contribution in [0.2, 0.25) is 5.02 Å². The van der Waals surface area contributed by atoms with E-state index in [2.05, 4.69) is 4.98 Å². The number of rotatable bonds is 1. The Morgan fingerprint density at radius 2 is 1.94 bits per heavy atom. The van der Waals surface area contributed by atoms with Crippen molar-refractivity contribution >= 4 is 28.5 Å². The second-order valence-corrected chi connectivity index (χ2v) is 3.93. The van der Waals surface area contributed by atoms with Gasteiger partial charge in [-0.2, -0.15) is 13.2 Å². The van der Waals surface area contributed by atoms with Crippen molar-refractivity contribution in [1.82, 2.24) is 4.98 Å². The minimum absolute atomic E-state index is 0.000162. The van der Waals surface area contributed by atoms with Crippen molar-refractivity contribution in [2.75, 3.05) is 0 Å². The summed E-state index contributed by atoms with van der Waals surface area (Å²) in [6.07, 6.45) is -4.59. The number of alkyl halides is 3. The van der Waals surface area contributed by atoms with E-state index in [1.165, 1.54) is 18.2 Å². The fourth-order valence-electron chi connectivity index (χ4n) is 1.46. The number of aromatic carboxylic acids is 1. The Morgan fingerprint density at radius 3 is 2.50 bits per heavy atom. The largest absolute Gasteiger partial charge is 0.478 e. The van der Waals surface area contributed by atoms with Gasteiger partial charge in [-0.1, -0.05) is 11.6 Å². The van der Waals surface area contributed by atoms with E-state index in [1.54, 1.807) is 0 Å². The average molecular weight is 276 g/mol. The molecule has 0 aliphatic rings. The van der Waals surface area contributed by atoms with Gasteiger partial charge in [0.15, 0.2) is 0 Å². The molecule has 1 aromatic heterocycles. The number of carboxylic acid groups (broad SMARTS) is 1. The number of carbonyl (C=O) groups is 1. The molecule has 2 rings (SSSR count). The van der Waals surface area contributed by atoms with Gasteiger partial charge in [-0.15, -0.1) is 0 Å². The maximum Gasteiger partial charge on any atom is 0.433 e. The zero-order valence-corrected chi connectivity index (χ0v) is 9.38. The molecule has 0 unspecified atom stereocenters. The van der Waals surface area contributed by atoms with Crippen molar-refractivity contribution in [2.45, 2.75) is 6.18 Å². The second kappa shape index (κ2) is 4.13. The number of aromatic nitrogens is 1. The minimum Gasteiger partial charge on any atom is -0.478 e. The van der Waals surface area contributed by atoms with Gasteiger partial charge in [-0.3, -0.25) is 0 Å². The van der Waals surface area contributed by atoms with Gasteiger partial charge in [-0.25, -0.2) is 9.78 Å². The van der Waals surface area contributed by atoms with E-state index in [-0.39, 0.29) is 21.5 Å². The SMILES string of the molecule is O=C(O)c1ccc2nc(C(F)(F)F)cc(Cl)c2c1. The van der Waals surface area contributed by atoms with Crippen LogP contribution in [0.4, 0.5) is 13.2 Å². The van der Waals surface area contributed by atoms with Crippen molar-refractivity contribution in [3.05, 3.63) is 40.5 Å². The molecule has 0 bridgehead atoms. The fraction of sp³-hybridized carbons (Fsp3) is 0.0909. The van der Waals surface area contributed by atoms with Crippen LogP contribution >= 0.6 is 11.6 Å². The Morgan fingerprint density at radius 1 is 1.28 bits per heavy atom. The maximum atomic E-state index is 12.5. The van der Waals surface area contributed by atoms with Crippen LogP contribution in [-0.4, -0.2) is 16.1 Å². The standard InChI is InChI=1S/C11H5ClF3NO2/c12-7-4-9(11(13,14)15)16-8-2-1-5(10(17)18)3-6(7)8/h1-4H,(H,17,18).